The Bertz CT molecular complexity index is 750. The number of nitrogens with zero attached hydrogens (tertiary/aromatic N) is 1. The van der Waals surface area contributed by atoms with Gasteiger partial charge in [0, 0.05) is 17.8 Å². The van der Waals surface area contributed by atoms with Gasteiger partial charge in [0.05, 0.1) is 0 Å². The van der Waals surface area contributed by atoms with E-state index in [1.807, 2.05) is 0 Å². The van der Waals surface area contributed by atoms with E-state index in [1.165, 1.54) is 30.4 Å². The molecule has 1 amide bonds. The summed E-state index contributed by atoms with van der Waals surface area (Å²) in [5.41, 5.74) is 1.57. The van der Waals surface area contributed by atoms with Crippen LogP contribution < -0.4 is 5.32 Å². The van der Waals surface area contributed by atoms with E-state index >= 15 is 0 Å². The number of benzene rings is 2. The zero-order valence-electron chi connectivity index (χ0n) is 12.4. The molecule has 2 aromatic carbocycles. The maximum Gasteiger partial charge on any atom is 0.294 e. The third kappa shape index (κ3) is 5.34. The lowest BCUT2D eigenvalue weighted by Crippen LogP contribution is -2.07. The van der Waals surface area contributed by atoms with Gasteiger partial charge in [0.1, 0.15) is 18.1 Å². The number of nitrogens with one attached hydrogen (secondary N) is 1. The van der Waals surface area contributed by atoms with Gasteiger partial charge in [-0.1, -0.05) is 12.1 Å². The molecule has 0 unspecified atom stereocenters. The average Bonchev–Trinajstić information content (AvgIpc) is 2.51. The molecule has 0 aliphatic heterocycles. The number of rotatable bonds is 6. The third-order valence-electron chi connectivity index (χ3n) is 2.91. The Morgan fingerprint density at radius 1 is 1.17 bits per heavy atom. The van der Waals surface area contributed by atoms with Gasteiger partial charge in [-0.15, -0.1) is 10.1 Å². The second-order valence-corrected chi connectivity index (χ2v) is 4.80. The number of carbonyl (C=O) groups is 1. The van der Waals surface area contributed by atoms with Crippen molar-refractivity contribution in [2.24, 2.45) is 0 Å². The second kappa shape index (κ2) is 7.63. The molecular weight excluding hydrogens is 316 g/mol. The first-order valence-electron chi connectivity index (χ1n) is 6.81. The minimum atomic E-state index is -0.875. The van der Waals surface area contributed by atoms with E-state index in [0.717, 1.165) is 0 Å². The smallest absolute Gasteiger partial charge is 0.294 e. The van der Waals surface area contributed by atoms with Crippen molar-refractivity contribution >= 4 is 17.7 Å². The molecule has 8 heteroatoms. The SMILES string of the molecule is O=C(C=Cc1cc(O)cc(O)c1)Nc1ccc(CO[N+](=O)[O-])cc1. The fraction of sp³-hybridized carbons (Fsp3) is 0.0625. The first-order valence-corrected chi connectivity index (χ1v) is 6.81. The van der Waals surface area contributed by atoms with Crippen molar-refractivity contribution < 1.29 is 24.9 Å². The fourth-order valence-electron chi connectivity index (χ4n) is 1.88. The largest absolute Gasteiger partial charge is 0.508 e. The molecule has 2 aromatic rings. The maximum absolute atomic E-state index is 11.8. The molecule has 0 heterocycles. The number of anilines is 1. The first-order chi connectivity index (χ1) is 11.4. The lowest BCUT2D eigenvalue weighted by Gasteiger charge is -2.04. The van der Waals surface area contributed by atoms with Gasteiger partial charge in [-0.25, -0.2) is 0 Å². The molecule has 0 bridgehead atoms. The highest BCUT2D eigenvalue weighted by Crippen LogP contribution is 2.21. The molecule has 0 fully saturated rings. The van der Waals surface area contributed by atoms with Gasteiger partial charge in [-0.2, -0.15) is 0 Å². The minimum Gasteiger partial charge on any atom is -0.508 e. The summed E-state index contributed by atoms with van der Waals surface area (Å²) in [5, 5.41) is 30.5. The molecular formula is C16H14N2O6. The lowest BCUT2D eigenvalue weighted by atomic mass is 10.2. The summed E-state index contributed by atoms with van der Waals surface area (Å²) in [4.78, 5) is 26.2. The zero-order valence-corrected chi connectivity index (χ0v) is 12.4. The van der Waals surface area contributed by atoms with E-state index in [9.17, 15) is 25.1 Å². The van der Waals surface area contributed by atoms with Gasteiger partial charge in [0.2, 0.25) is 5.91 Å². The molecule has 0 aliphatic rings. The van der Waals surface area contributed by atoms with Gasteiger partial charge in [-0.05, 0) is 41.5 Å². The molecule has 2 rings (SSSR count). The number of hydrogen-bond donors (Lipinski definition) is 3. The first kappa shape index (κ1) is 16.8. The fourth-order valence-corrected chi connectivity index (χ4v) is 1.88. The summed E-state index contributed by atoms with van der Waals surface area (Å²) in [6, 6.07) is 10.3. The number of phenolic OH excluding ortho intramolecular Hbond substituents is 2. The standard InChI is InChI=1S/C16H14N2O6/c19-14-7-12(8-15(20)9-14)3-6-16(21)17-13-4-1-11(2-5-13)10-24-18(22)23/h1-9,19-20H,10H2,(H,17,21). The van der Waals surface area contributed by atoms with Crippen LogP contribution >= 0.6 is 0 Å². The van der Waals surface area contributed by atoms with Crippen molar-refractivity contribution in [3.63, 3.8) is 0 Å². The number of phenols is 2. The summed E-state index contributed by atoms with van der Waals surface area (Å²) in [6.45, 7) is -0.165. The highest BCUT2D eigenvalue weighted by atomic mass is 16.9. The third-order valence-corrected chi connectivity index (χ3v) is 2.91. The Labute approximate surface area is 136 Å². The normalized spacial score (nSPS) is 10.5. The van der Waals surface area contributed by atoms with Gasteiger partial charge in [-0.3, -0.25) is 4.79 Å². The number of aromatic hydroxyl groups is 2. The summed E-state index contributed by atoms with van der Waals surface area (Å²) in [6.07, 6.45) is 2.69. The Morgan fingerprint density at radius 3 is 2.38 bits per heavy atom. The van der Waals surface area contributed by atoms with Crippen molar-refractivity contribution in [2.45, 2.75) is 6.61 Å². The molecule has 124 valence electrons. The van der Waals surface area contributed by atoms with Crippen molar-refractivity contribution in [3.05, 3.63) is 69.8 Å². The van der Waals surface area contributed by atoms with Gasteiger partial charge >= 0.3 is 0 Å². The Balaban J connectivity index is 1.94. The Kier molecular flexibility index (Phi) is 5.35. The van der Waals surface area contributed by atoms with E-state index in [0.29, 0.717) is 16.8 Å². The molecule has 0 aliphatic carbocycles. The topological polar surface area (TPSA) is 122 Å². The van der Waals surface area contributed by atoms with Crippen LogP contribution in [0.2, 0.25) is 0 Å². The zero-order chi connectivity index (χ0) is 17.5. The van der Waals surface area contributed by atoms with Crippen LogP contribution in [0.5, 0.6) is 11.5 Å². The van der Waals surface area contributed by atoms with E-state index in [1.54, 1.807) is 24.3 Å². The Morgan fingerprint density at radius 2 is 1.79 bits per heavy atom. The molecule has 8 nitrogen and oxygen atoms in total. The minimum absolute atomic E-state index is 0.109. The van der Waals surface area contributed by atoms with Crippen LogP contribution in [-0.4, -0.2) is 21.2 Å². The van der Waals surface area contributed by atoms with E-state index in [-0.39, 0.29) is 18.1 Å². The average molecular weight is 330 g/mol. The molecule has 24 heavy (non-hydrogen) atoms. The molecule has 0 atom stereocenters. The van der Waals surface area contributed by atoms with Crippen LogP contribution in [0, 0.1) is 10.1 Å². The predicted octanol–water partition coefficient (Wildman–Crippen LogP) is 2.46. The van der Waals surface area contributed by atoms with Gasteiger partial charge < -0.3 is 20.4 Å². The summed E-state index contributed by atoms with van der Waals surface area (Å²) < 4.78 is 0. The van der Waals surface area contributed by atoms with Crippen LogP contribution in [0.3, 0.4) is 0 Å². The van der Waals surface area contributed by atoms with Crippen molar-refractivity contribution in [1.82, 2.24) is 0 Å². The van der Waals surface area contributed by atoms with Crippen LogP contribution in [0.4, 0.5) is 5.69 Å². The van der Waals surface area contributed by atoms with Gasteiger partial charge in [0.25, 0.3) is 5.09 Å². The summed E-state index contributed by atoms with van der Waals surface area (Å²) in [5.74, 6) is -0.627. The van der Waals surface area contributed by atoms with Crippen LogP contribution in [0.1, 0.15) is 11.1 Å². The number of hydrogen-bond acceptors (Lipinski definition) is 6. The van der Waals surface area contributed by atoms with E-state index in [2.05, 4.69) is 10.2 Å². The van der Waals surface area contributed by atoms with Crippen molar-refractivity contribution in [2.75, 3.05) is 5.32 Å². The maximum atomic E-state index is 11.8. The van der Waals surface area contributed by atoms with Crippen LogP contribution in [0.25, 0.3) is 6.08 Å². The molecule has 0 radical (unpaired) electrons. The molecule has 0 saturated carbocycles. The summed E-state index contributed by atoms with van der Waals surface area (Å²) >= 11 is 0. The van der Waals surface area contributed by atoms with Crippen LogP contribution in [-0.2, 0) is 16.2 Å². The van der Waals surface area contributed by atoms with Crippen molar-refractivity contribution in [3.8, 4) is 11.5 Å². The van der Waals surface area contributed by atoms with Crippen molar-refractivity contribution in [1.29, 1.82) is 0 Å². The molecule has 0 aromatic heterocycles. The summed E-state index contributed by atoms with van der Waals surface area (Å²) in [7, 11) is 0. The monoisotopic (exact) mass is 330 g/mol. The van der Waals surface area contributed by atoms with Gasteiger partial charge in [0.15, 0.2) is 0 Å². The highest BCUT2D eigenvalue weighted by molar-refractivity contribution is 6.01. The molecule has 0 spiro atoms. The highest BCUT2D eigenvalue weighted by Gasteiger charge is 2.01. The number of amides is 1. The quantitative estimate of drug-likeness (QED) is 0.425. The predicted molar refractivity (Wildman–Crippen MR) is 85.7 cm³/mol. The molecule has 0 saturated heterocycles. The van der Waals surface area contributed by atoms with Crippen LogP contribution in [0.15, 0.2) is 48.5 Å². The lowest BCUT2D eigenvalue weighted by molar-refractivity contribution is -0.763. The van der Waals surface area contributed by atoms with E-state index in [4.69, 9.17) is 0 Å². The van der Waals surface area contributed by atoms with E-state index < -0.39 is 11.0 Å². The second-order valence-electron chi connectivity index (χ2n) is 4.80. The Hall–Kier alpha value is -3.55. The molecule has 3 N–H and O–H groups in total. The number of carbonyl (C=O) groups excluding carboxylic acids is 1.